The van der Waals surface area contributed by atoms with Gasteiger partial charge in [-0.05, 0) is 19.6 Å². The van der Waals surface area contributed by atoms with E-state index in [0.29, 0.717) is 0 Å². The molecule has 1 aliphatic rings. The molecule has 1 aliphatic heterocycles. The summed E-state index contributed by atoms with van der Waals surface area (Å²) in [4.78, 5) is 12.4. The smallest absolute Gasteiger partial charge is 1.00 e. The predicted octanol–water partition coefficient (Wildman–Crippen LogP) is -2.36. The van der Waals surface area contributed by atoms with Crippen LogP contribution in [-0.4, -0.2) is 28.9 Å². The molecule has 147 valence electrons. The number of rotatable bonds is 4. The summed E-state index contributed by atoms with van der Waals surface area (Å²) in [5.74, 6) is -0.0449. The van der Waals surface area contributed by atoms with E-state index in [1.807, 2.05) is 0 Å². The van der Waals surface area contributed by atoms with Gasteiger partial charge in [0.05, 0.1) is 8.07 Å². The number of benzene rings is 2. The van der Waals surface area contributed by atoms with E-state index in [1.165, 1.54) is 31.9 Å². The molecule has 0 saturated heterocycles. The largest absolute Gasteiger partial charge is 3.00 e. The molecule has 4 rings (SSSR count). The minimum atomic E-state index is -1.69. The first-order chi connectivity index (χ1) is 11.7. The van der Waals surface area contributed by atoms with E-state index in [-0.39, 0.29) is 59.0 Å². The van der Waals surface area contributed by atoms with Crippen LogP contribution in [0.25, 0.3) is 21.5 Å². The van der Waals surface area contributed by atoms with Crippen LogP contribution in [0.1, 0.15) is 0 Å². The number of halogens is 2. The molecule has 1 N–H and O–H groups in total. The molecular formula is C20H24Cl2NO2Si2Ti. The molecule has 0 aliphatic carbocycles. The Kier molecular flexibility index (Phi) is 7.91. The molecule has 3 nitrogen and oxygen atoms in total. The molecule has 3 aromatic rings. The summed E-state index contributed by atoms with van der Waals surface area (Å²) in [5.41, 5.74) is 1.000. The van der Waals surface area contributed by atoms with Gasteiger partial charge in [0.15, 0.2) is 8.32 Å². The van der Waals surface area contributed by atoms with Crippen LogP contribution in [0.5, 0.6) is 0 Å². The summed E-state index contributed by atoms with van der Waals surface area (Å²) in [5, 5.41) is 11.2. The van der Waals surface area contributed by atoms with Crippen molar-refractivity contribution in [2.24, 2.45) is 0 Å². The predicted molar refractivity (Wildman–Crippen MR) is 112 cm³/mol. The number of nitrogens with one attached hydrogen (secondary N) is 1. The van der Waals surface area contributed by atoms with Gasteiger partial charge in [0.2, 0.25) is 5.91 Å². The summed E-state index contributed by atoms with van der Waals surface area (Å²) in [6.45, 7) is 11.2. The minimum absolute atomic E-state index is 0. The Hall–Kier alpha value is -0.532. The van der Waals surface area contributed by atoms with Crippen LogP contribution in [0.4, 0.5) is 5.69 Å². The average Bonchev–Trinajstić information content (AvgIpc) is 2.93. The number of hydrogen-bond acceptors (Lipinski definition) is 2. The third kappa shape index (κ3) is 4.46. The van der Waals surface area contributed by atoms with Gasteiger partial charge in [-0.3, -0.25) is 4.79 Å². The van der Waals surface area contributed by atoms with Crippen molar-refractivity contribution in [2.45, 2.75) is 32.7 Å². The van der Waals surface area contributed by atoms with Crippen molar-refractivity contribution >= 4 is 59.9 Å². The van der Waals surface area contributed by atoms with Crippen LogP contribution in [0.3, 0.4) is 0 Å². The molecule has 1 heterocycles. The second-order valence-electron chi connectivity index (χ2n) is 8.44. The van der Waals surface area contributed by atoms with Gasteiger partial charge in [-0.15, -0.1) is 38.9 Å². The maximum atomic E-state index is 12.4. The molecule has 0 fully saturated rings. The fourth-order valence-electron chi connectivity index (χ4n) is 3.80. The van der Waals surface area contributed by atoms with Crippen molar-refractivity contribution in [1.82, 2.24) is 0 Å². The Balaban J connectivity index is 0.00000131. The Morgan fingerprint density at radius 2 is 1.75 bits per heavy atom. The number of fused-ring (bicyclic) bond motifs is 5. The summed E-state index contributed by atoms with van der Waals surface area (Å²) >= 11 is 0. The van der Waals surface area contributed by atoms with Gasteiger partial charge in [0.25, 0.3) is 0 Å². The molecule has 0 saturated carbocycles. The van der Waals surface area contributed by atoms with Crippen LogP contribution in [0.15, 0.2) is 36.4 Å². The van der Waals surface area contributed by atoms with Gasteiger partial charge >= 0.3 is 21.7 Å². The van der Waals surface area contributed by atoms with Crippen molar-refractivity contribution in [2.75, 3.05) is 11.9 Å². The van der Waals surface area contributed by atoms with Crippen LogP contribution in [0, 0.1) is 0 Å². The van der Waals surface area contributed by atoms with Gasteiger partial charge in [0, 0.05) is 5.69 Å². The number of carbonyl (C=O) groups excluding carboxylic acids is 1. The summed E-state index contributed by atoms with van der Waals surface area (Å²) in [6.07, 6.45) is 0. The maximum absolute atomic E-state index is 12.4. The Morgan fingerprint density at radius 1 is 1.11 bits per heavy atom. The van der Waals surface area contributed by atoms with E-state index in [0.717, 1.165) is 5.69 Å². The molecule has 0 atom stereocenters. The number of hydrogen-bond donors (Lipinski definition) is 1. The molecule has 8 heteroatoms. The topological polar surface area (TPSA) is 38.3 Å². The number of amides is 1. The van der Waals surface area contributed by atoms with Crippen LogP contribution >= 0.6 is 0 Å². The second-order valence-corrected chi connectivity index (χ2v) is 17.2. The Bertz CT molecular complexity index is 1030. The first kappa shape index (κ1) is 25.5. The molecule has 0 spiro atoms. The Labute approximate surface area is 195 Å². The van der Waals surface area contributed by atoms with Gasteiger partial charge in [-0.2, -0.15) is 0 Å². The van der Waals surface area contributed by atoms with Crippen LogP contribution < -0.4 is 40.5 Å². The zero-order valence-corrected chi connectivity index (χ0v) is 21.8. The van der Waals surface area contributed by atoms with E-state index in [1.54, 1.807) is 0 Å². The monoisotopic (exact) mass is 484 g/mol. The third-order valence-corrected chi connectivity index (χ3v) is 9.32. The van der Waals surface area contributed by atoms with Crippen molar-refractivity contribution in [3.05, 3.63) is 36.4 Å². The minimum Gasteiger partial charge on any atom is -1.00 e. The van der Waals surface area contributed by atoms with E-state index in [2.05, 4.69) is 74.5 Å². The molecular weight excluding hydrogens is 461 g/mol. The zero-order chi connectivity index (χ0) is 18.0. The van der Waals surface area contributed by atoms with Crippen LogP contribution in [0.2, 0.25) is 32.7 Å². The maximum Gasteiger partial charge on any atom is 3.00 e. The molecule has 0 unspecified atom stereocenters. The first-order valence-electron chi connectivity index (χ1n) is 8.78. The summed E-state index contributed by atoms with van der Waals surface area (Å²) in [6, 6.07) is 13.0. The third-order valence-electron chi connectivity index (χ3n) is 5.02. The van der Waals surface area contributed by atoms with Crippen molar-refractivity contribution in [3.8, 4) is 0 Å². The summed E-state index contributed by atoms with van der Waals surface area (Å²) < 4.78 is 5.75. The fraction of sp³-hybridized carbons (Fsp3) is 0.300. The van der Waals surface area contributed by atoms with Gasteiger partial charge < -0.3 is 34.6 Å². The first-order valence-corrected chi connectivity index (χ1v) is 15.2. The standard InChI is InChI=1S/C20H24NO2Si2.2ClH.Ti/c1-24(2,3)23-12-18(22)21-17-11-15-14-9-7-6-8-13(14)10-16(15)19-20(17)25(19,4)5;;;/h6-11H,12H2,1-5H3,(H,21,22);2*1H;/q-1;;;+3/p-2. The molecule has 1 radical (unpaired) electrons. The average molecular weight is 485 g/mol. The Morgan fingerprint density at radius 3 is 2.39 bits per heavy atom. The number of carbonyl (C=O) groups is 1. The number of anilines is 1. The molecule has 0 aromatic heterocycles. The van der Waals surface area contributed by atoms with Gasteiger partial charge in [-0.1, -0.05) is 42.5 Å². The normalized spacial score (nSPS) is 13.8. The van der Waals surface area contributed by atoms with E-state index < -0.39 is 16.4 Å². The van der Waals surface area contributed by atoms with E-state index >= 15 is 0 Å². The molecule has 1 amide bonds. The van der Waals surface area contributed by atoms with E-state index in [4.69, 9.17) is 4.43 Å². The second kappa shape index (κ2) is 8.68. The van der Waals surface area contributed by atoms with Gasteiger partial charge in [-0.25, -0.2) is 0 Å². The zero-order valence-electron chi connectivity index (χ0n) is 16.7. The molecule has 28 heavy (non-hydrogen) atoms. The SMILES string of the molecule is C[Si](C)(C)OCC(=O)Nc1cc2c([cH-]c3ccccc32)c2c1[Si]2(C)C.[Cl-].[Cl-].[Ti+3]. The van der Waals surface area contributed by atoms with Crippen LogP contribution in [-0.2, 0) is 30.9 Å². The van der Waals surface area contributed by atoms with Crippen molar-refractivity contribution in [3.63, 3.8) is 0 Å². The van der Waals surface area contributed by atoms with E-state index in [9.17, 15) is 4.79 Å². The quantitative estimate of drug-likeness (QED) is 0.332. The van der Waals surface area contributed by atoms with Gasteiger partial charge in [0.1, 0.15) is 6.61 Å². The molecule has 3 aromatic carbocycles. The van der Waals surface area contributed by atoms with Crippen molar-refractivity contribution < 1.29 is 55.8 Å². The fourth-order valence-corrected chi connectivity index (χ4v) is 8.01. The molecule has 0 bridgehead atoms. The summed E-state index contributed by atoms with van der Waals surface area (Å²) in [7, 11) is -3.23. The van der Waals surface area contributed by atoms with Crippen molar-refractivity contribution in [1.29, 1.82) is 0 Å².